The van der Waals surface area contributed by atoms with Gasteiger partial charge in [0, 0.05) is 12.1 Å². The number of aliphatic hydroxyl groups is 1. The van der Waals surface area contributed by atoms with E-state index in [2.05, 4.69) is 5.32 Å². The summed E-state index contributed by atoms with van der Waals surface area (Å²) >= 11 is 0. The highest BCUT2D eigenvalue weighted by Gasteiger charge is 2.19. The van der Waals surface area contributed by atoms with Gasteiger partial charge in [-0.1, -0.05) is 25.1 Å². The number of hydrogen-bond acceptors (Lipinski definition) is 2. The van der Waals surface area contributed by atoms with Crippen LogP contribution in [0, 0.1) is 6.92 Å². The molecule has 3 heteroatoms. The minimum Gasteiger partial charge on any atom is -0.388 e. The van der Waals surface area contributed by atoms with E-state index in [9.17, 15) is 9.90 Å². The lowest BCUT2D eigenvalue weighted by molar-refractivity contribution is 0.0518. The monoisotopic (exact) mass is 221 g/mol. The Balaban J connectivity index is 2.64. The van der Waals surface area contributed by atoms with Gasteiger partial charge >= 0.3 is 0 Å². The molecular formula is C13H19NO2. The molecule has 1 aromatic carbocycles. The van der Waals surface area contributed by atoms with Gasteiger partial charge in [-0.2, -0.15) is 0 Å². The van der Waals surface area contributed by atoms with Crippen LogP contribution in [0.15, 0.2) is 24.3 Å². The van der Waals surface area contributed by atoms with Gasteiger partial charge in [0.2, 0.25) is 0 Å². The van der Waals surface area contributed by atoms with Crippen LogP contribution in [0.3, 0.4) is 0 Å². The zero-order valence-corrected chi connectivity index (χ0v) is 10.1. The molecule has 16 heavy (non-hydrogen) atoms. The lowest BCUT2D eigenvalue weighted by Gasteiger charge is -2.21. The number of nitrogens with one attached hydrogen (secondary N) is 1. The summed E-state index contributed by atoms with van der Waals surface area (Å²) < 4.78 is 0. The van der Waals surface area contributed by atoms with Crippen LogP contribution >= 0.6 is 0 Å². The molecule has 1 amide bonds. The highest BCUT2D eigenvalue weighted by atomic mass is 16.3. The Labute approximate surface area is 96.5 Å². The van der Waals surface area contributed by atoms with Crippen molar-refractivity contribution < 1.29 is 9.90 Å². The molecule has 88 valence electrons. The van der Waals surface area contributed by atoms with E-state index in [0.717, 1.165) is 5.56 Å². The molecule has 0 aliphatic carbocycles. The molecule has 3 nitrogen and oxygen atoms in total. The Morgan fingerprint density at radius 1 is 1.44 bits per heavy atom. The number of carbonyl (C=O) groups is 1. The second kappa shape index (κ2) is 5.12. The number of carbonyl (C=O) groups excluding carboxylic acids is 1. The Hall–Kier alpha value is -1.35. The van der Waals surface area contributed by atoms with Crippen molar-refractivity contribution in [2.45, 2.75) is 32.8 Å². The molecule has 0 aromatic heterocycles. The van der Waals surface area contributed by atoms with Crippen molar-refractivity contribution >= 4 is 5.91 Å². The van der Waals surface area contributed by atoms with Crippen LogP contribution < -0.4 is 5.32 Å². The van der Waals surface area contributed by atoms with Crippen LogP contribution in [0.1, 0.15) is 36.2 Å². The molecule has 0 saturated heterocycles. The first-order valence-electron chi connectivity index (χ1n) is 5.52. The Bertz CT molecular complexity index is 372. The molecular weight excluding hydrogens is 202 g/mol. The number of benzene rings is 1. The van der Waals surface area contributed by atoms with E-state index in [1.165, 1.54) is 0 Å². The highest BCUT2D eigenvalue weighted by molar-refractivity contribution is 5.95. The van der Waals surface area contributed by atoms with Gasteiger partial charge in [0.15, 0.2) is 0 Å². The van der Waals surface area contributed by atoms with E-state index in [-0.39, 0.29) is 12.5 Å². The van der Waals surface area contributed by atoms with E-state index in [4.69, 9.17) is 0 Å². The van der Waals surface area contributed by atoms with E-state index in [1.807, 2.05) is 32.0 Å². The third-order valence-electron chi connectivity index (χ3n) is 2.78. The highest BCUT2D eigenvalue weighted by Crippen LogP contribution is 2.09. The molecule has 1 rings (SSSR count). The summed E-state index contributed by atoms with van der Waals surface area (Å²) in [6.07, 6.45) is 0.612. The van der Waals surface area contributed by atoms with Crippen LogP contribution in [0.4, 0.5) is 0 Å². The Kier molecular flexibility index (Phi) is 4.07. The van der Waals surface area contributed by atoms with Gasteiger partial charge in [0.05, 0.1) is 5.60 Å². The second-order valence-corrected chi connectivity index (χ2v) is 4.35. The van der Waals surface area contributed by atoms with E-state index in [1.54, 1.807) is 13.0 Å². The van der Waals surface area contributed by atoms with Crippen molar-refractivity contribution in [3.05, 3.63) is 35.4 Å². The molecule has 0 aliphatic heterocycles. The summed E-state index contributed by atoms with van der Waals surface area (Å²) in [6.45, 7) is 5.77. The maximum atomic E-state index is 11.8. The zero-order chi connectivity index (χ0) is 12.2. The number of hydrogen-bond donors (Lipinski definition) is 2. The normalized spacial score (nSPS) is 14.2. The predicted molar refractivity (Wildman–Crippen MR) is 64.4 cm³/mol. The van der Waals surface area contributed by atoms with Gasteiger partial charge in [0.1, 0.15) is 0 Å². The molecule has 0 bridgehead atoms. The Morgan fingerprint density at radius 2 is 2.06 bits per heavy atom. The summed E-state index contributed by atoms with van der Waals surface area (Å²) in [4.78, 5) is 11.8. The molecule has 0 spiro atoms. The molecule has 2 N–H and O–H groups in total. The smallest absolute Gasteiger partial charge is 0.251 e. The summed E-state index contributed by atoms with van der Waals surface area (Å²) in [5, 5.41) is 12.5. The van der Waals surface area contributed by atoms with Crippen LogP contribution in [-0.4, -0.2) is 23.2 Å². The third kappa shape index (κ3) is 3.35. The third-order valence-corrected chi connectivity index (χ3v) is 2.78. The molecule has 1 atom stereocenters. The topological polar surface area (TPSA) is 49.3 Å². The molecule has 1 unspecified atom stereocenters. The first kappa shape index (κ1) is 12.7. The lowest BCUT2D eigenvalue weighted by Crippen LogP contribution is -2.40. The van der Waals surface area contributed by atoms with Crippen molar-refractivity contribution in [1.82, 2.24) is 5.32 Å². The first-order valence-corrected chi connectivity index (χ1v) is 5.52. The van der Waals surface area contributed by atoms with Crippen LogP contribution in [0.2, 0.25) is 0 Å². The summed E-state index contributed by atoms with van der Waals surface area (Å²) in [5.41, 5.74) is 0.767. The van der Waals surface area contributed by atoms with Crippen molar-refractivity contribution in [2.24, 2.45) is 0 Å². The summed E-state index contributed by atoms with van der Waals surface area (Å²) in [7, 11) is 0. The average Bonchev–Trinajstić information content (AvgIpc) is 2.27. The molecule has 0 aliphatic rings. The fourth-order valence-corrected chi connectivity index (χ4v) is 1.32. The average molecular weight is 221 g/mol. The van der Waals surface area contributed by atoms with Gasteiger partial charge in [0.25, 0.3) is 5.91 Å². The minimum atomic E-state index is -0.835. The van der Waals surface area contributed by atoms with Gasteiger partial charge in [-0.05, 0) is 31.9 Å². The number of amides is 1. The standard InChI is InChI=1S/C13H19NO2/c1-4-13(3,16)9-14-12(15)11-8-6-5-7-10(11)2/h5-8,16H,4,9H2,1-3H3,(H,14,15). The van der Waals surface area contributed by atoms with Crippen LogP contribution in [0.25, 0.3) is 0 Å². The maximum absolute atomic E-state index is 11.8. The van der Waals surface area contributed by atoms with Crippen molar-refractivity contribution in [2.75, 3.05) is 6.54 Å². The maximum Gasteiger partial charge on any atom is 0.251 e. The van der Waals surface area contributed by atoms with Crippen molar-refractivity contribution in [3.8, 4) is 0 Å². The molecule has 0 heterocycles. The second-order valence-electron chi connectivity index (χ2n) is 4.35. The zero-order valence-electron chi connectivity index (χ0n) is 10.1. The van der Waals surface area contributed by atoms with Gasteiger partial charge in [-0.15, -0.1) is 0 Å². The molecule has 0 fully saturated rings. The van der Waals surface area contributed by atoms with E-state index in [0.29, 0.717) is 12.0 Å². The summed E-state index contributed by atoms with van der Waals surface area (Å²) in [5.74, 6) is -0.133. The predicted octanol–water partition coefficient (Wildman–Crippen LogP) is 1.89. The fraction of sp³-hybridized carbons (Fsp3) is 0.462. The first-order chi connectivity index (χ1) is 7.46. The fourth-order valence-electron chi connectivity index (χ4n) is 1.32. The quantitative estimate of drug-likeness (QED) is 0.815. The van der Waals surface area contributed by atoms with Crippen LogP contribution in [-0.2, 0) is 0 Å². The molecule has 0 saturated carbocycles. The molecule has 1 aromatic rings. The van der Waals surface area contributed by atoms with Gasteiger partial charge < -0.3 is 10.4 Å². The minimum absolute atomic E-state index is 0.133. The van der Waals surface area contributed by atoms with Gasteiger partial charge in [-0.25, -0.2) is 0 Å². The van der Waals surface area contributed by atoms with Crippen molar-refractivity contribution in [3.63, 3.8) is 0 Å². The van der Waals surface area contributed by atoms with E-state index >= 15 is 0 Å². The SMILES string of the molecule is CCC(C)(O)CNC(=O)c1ccccc1C. The lowest BCUT2D eigenvalue weighted by atomic mass is 10.0. The summed E-state index contributed by atoms with van der Waals surface area (Å²) in [6, 6.07) is 7.41. The van der Waals surface area contributed by atoms with Crippen molar-refractivity contribution in [1.29, 1.82) is 0 Å². The Morgan fingerprint density at radius 3 is 2.62 bits per heavy atom. The van der Waals surface area contributed by atoms with E-state index < -0.39 is 5.60 Å². The van der Waals surface area contributed by atoms with Crippen LogP contribution in [0.5, 0.6) is 0 Å². The number of rotatable bonds is 4. The van der Waals surface area contributed by atoms with Gasteiger partial charge in [-0.3, -0.25) is 4.79 Å². The molecule has 0 radical (unpaired) electrons. The number of aryl methyl sites for hydroxylation is 1. The largest absolute Gasteiger partial charge is 0.388 e.